The van der Waals surface area contributed by atoms with Crippen LogP contribution in [0.4, 0.5) is 0 Å². The molecule has 2 aliphatic rings. The first-order valence-corrected chi connectivity index (χ1v) is 10.5. The summed E-state index contributed by atoms with van der Waals surface area (Å²) < 4.78 is 10.9. The van der Waals surface area contributed by atoms with E-state index in [4.69, 9.17) is 9.47 Å². The summed E-state index contributed by atoms with van der Waals surface area (Å²) in [6.07, 6.45) is 3.39. The number of hydrogen-bond donors (Lipinski definition) is 1. The molecule has 154 valence electrons. The number of nitrogens with zero attached hydrogens (tertiary/aromatic N) is 1. The molecule has 4 rings (SSSR count). The maximum Gasteiger partial charge on any atom is 0.223 e. The first kappa shape index (κ1) is 19.8. The molecule has 1 amide bonds. The Morgan fingerprint density at radius 3 is 2.83 bits per heavy atom. The molecule has 1 N–H and O–H groups in total. The highest BCUT2D eigenvalue weighted by Gasteiger charge is 2.45. The molecule has 2 heterocycles. The van der Waals surface area contributed by atoms with E-state index >= 15 is 0 Å². The molecular formula is C24H30N2O3. The second kappa shape index (κ2) is 8.87. The molecule has 0 spiro atoms. The van der Waals surface area contributed by atoms with E-state index in [1.165, 1.54) is 5.56 Å². The summed E-state index contributed by atoms with van der Waals surface area (Å²) >= 11 is 0. The van der Waals surface area contributed by atoms with Crippen LogP contribution in [-0.4, -0.2) is 50.2 Å². The zero-order valence-corrected chi connectivity index (χ0v) is 17.3. The molecule has 0 saturated carbocycles. The molecule has 0 aromatic heterocycles. The highest BCUT2D eigenvalue weighted by Crippen LogP contribution is 2.37. The predicted octanol–water partition coefficient (Wildman–Crippen LogP) is 3.38. The number of likely N-dealkylation sites (tertiary alicyclic amines) is 1. The fraction of sp³-hybridized carbons (Fsp3) is 0.458. The van der Waals surface area contributed by atoms with Crippen LogP contribution in [0.3, 0.4) is 0 Å². The smallest absolute Gasteiger partial charge is 0.223 e. The van der Waals surface area contributed by atoms with Crippen molar-refractivity contribution < 1.29 is 14.3 Å². The van der Waals surface area contributed by atoms with Gasteiger partial charge in [0.25, 0.3) is 0 Å². The van der Waals surface area contributed by atoms with Crippen molar-refractivity contribution in [2.75, 3.05) is 27.3 Å². The summed E-state index contributed by atoms with van der Waals surface area (Å²) in [7, 11) is 3.38. The van der Waals surface area contributed by atoms with Gasteiger partial charge in [0.2, 0.25) is 5.91 Å². The van der Waals surface area contributed by atoms with E-state index in [0.29, 0.717) is 24.8 Å². The van der Waals surface area contributed by atoms with E-state index in [-0.39, 0.29) is 11.9 Å². The summed E-state index contributed by atoms with van der Waals surface area (Å²) in [5.74, 6) is 2.26. The van der Waals surface area contributed by atoms with Gasteiger partial charge in [0.05, 0.1) is 14.2 Å². The number of nitrogens with one attached hydrogen (secondary N) is 1. The maximum atomic E-state index is 13.2. The van der Waals surface area contributed by atoms with Gasteiger partial charge in [-0.2, -0.15) is 0 Å². The molecule has 5 heteroatoms. The highest BCUT2D eigenvalue weighted by atomic mass is 16.5. The van der Waals surface area contributed by atoms with Gasteiger partial charge >= 0.3 is 0 Å². The van der Waals surface area contributed by atoms with E-state index in [1.54, 1.807) is 14.2 Å². The van der Waals surface area contributed by atoms with Crippen LogP contribution in [0.5, 0.6) is 11.5 Å². The molecule has 2 fully saturated rings. The first-order chi connectivity index (χ1) is 14.2. The molecule has 0 radical (unpaired) electrons. The number of piperidine rings is 1. The number of fused-ring (bicyclic) bond motifs is 1. The van der Waals surface area contributed by atoms with E-state index in [9.17, 15) is 4.79 Å². The van der Waals surface area contributed by atoms with Crippen molar-refractivity contribution in [3.05, 3.63) is 59.7 Å². The second-order valence-electron chi connectivity index (χ2n) is 7.93. The van der Waals surface area contributed by atoms with Gasteiger partial charge in [-0.3, -0.25) is 4.79 Å². The van der Waals surface area contributed by atoms with Crippen molar-refractivity contribution in [1.29, 1.82) is 0 Å². The highest BCUT2D eigenvalue weighted by molar-refractivity contribution is 5.77. The zero-order chi connectivity index (χ0) is 20.2. The van der Waals surface area contributed by atoms with E-state index in [0.717, 1.165) is 43.0 Å². The van der Waals surface area contributed by atoms with Crippen molar-refractivity contribution in [2.45, 2.75) is 43.7 Å². The topological polar surface area (TPSA) is 50.8 Å². The predicted molar refractivity (Wildman–Crippen MR) is 114 cm³/mol. The Balaban J connectivity index is 1.50. The van der Waals surface area contributed by atoms with Gasteiger partial charge in [-0.15, -0.1) is 0 Å². The molecule has 2 aliphatic heterocycles. The lowest BCUT2D eigenvalue weighted by Gasteiger charge is -2.33. The fourth-order valence-corrected chi connectivity index (χ4v) is 4.88. The van der Waals surface area contributed by atoms with Crippen molar-refractivity contribution >= 4 is 5.91 Å². The minimum atomic E-state index is 0.236. The summed E-state index contributed by atoms with van der Waals surface area (Å²) in [6, 6.07) is 16.8. The molecule has 2 saturated heterocycles. The number of aryl methyl sites for hydroxylation is 1. The Labute approximate surface area is 173 Å². The number of rotatable bonds is 6. The van der Waals surface area contributed by atoms with Crippen molar-refractivity contribution in [3.8, 4) is 11.5 Å². The van der Waals surface area contributed by atoms with Crippen LogP contribution in [0.2, 0.25) is 0 Å². The van der Waals surface area contributed by atoms with E-state index < -0.39 is 0 Å². The molecule has 0 bridgehead atoms. The van der Waals surface area contributed by atoms with Crippen LogP contribution in [-0.2, 0) is 11.2 Å². The van der Waals surface area contributed by atoms with Crippen LogP contribution >= 0.6 is 0 Å². The molecule has 0 unspecified atom stereocenters. The third-order valence-electron chi connectivity index (χ3n) is 6.34. The lowest BCUT2D eigenvalue weighted by Crippen LogP contribution is -2.49. The van der Waals surface area contributed by atoms with Gasteiger partial charge in [-0.05, 0) is 55.1 Å². The van der Waals surface area contributed by atoms with Gasteiger partial charge in [0.15, 0.2) is 0 Å². The largest absolute Gasteiger partial charge is 0.497 e. The van der Waals surface area contributed by atoms with E-state index in [2.05, 4.69) is 22.3 Å². The molecule has 2 aromatic carbocycles. The number of carbonyl (C=O) groups is 1. The monoisotopic (exact) mass is 394 g/mol. The Kier molecular flexibility index (Phi) is 6.05. The van der Waals surface area contributed by atoms with Crippen LogP contribution in [0.25, 0.3) is 0 Å². The minimum Gasteiger partial charge on any atom is -0.497 e. The van der Waals surface area contributed by atoms with E-state index in [1.807, 2.05) is 36.4 Å². The molecule has 5 nitrogen and oxygen atoms in total. The molecular weight excluding hydrogens is 364 g/mol. The maximum absolute atomic E-state index is 13.2. The van der Waals surface area contributed by atoms with Gasteiger partial charge in [0.1, 0.15) is 11.5 Å². The number of hydrogen-bond acceptors (Lipinski definition) is 4. The Hall–Kier alpha value is -2.53. The van der Waals surface area contributed by atoms with Crippen LogP contribution < -0.4 is 14.8 Å². The summed E-state index contributed by atoms with van der Waals surface area (Å²) in [4.78, 5) is 15.3. The average molecular weight is 395 g/mol. The standard InChI is InChI=1S/C24H30N2O3/c1-28-19-9-5-8-18(15-19)20-16-26(21-10-6-14-25-24(20)21)23(27)13-12-17-7-3-4-11-22(17)29-2/h3-5,7-9,11,15,20-21,24-25H,6,10,12-14,16H2,1-2H3/t20-,21-,24-/m1/s1. The SMILES string of the molecule is COc1cccc([C@H]2CN(C(=O)CCc3ccccc3OC)[C@@H]3CCCN[C@H]23)c1. The Morgan fingerprint density at radius 2 is 2.00 bits per heavy atom. The number of para-hydroxylation sites is 1. The number of amides is 1. The molecule has 2 aromatic rings. The minimum absolute atomic E-state index is 0.236. The number of ether oxygens (including phenoxy) is 2. The lowest BCUT2D eigenvalue weighted by molar-refractivity contribution is -0.132. The summed E-state index contributed by atoms with van der Waals surface area (Å²) in [6.45, 7) is 1.78. The van der Waals surface area contributed by atoms with Crippen molar-refractivity contribution in [2.24, 2.45) is 0 Å². The average Bonchev–Trinajstić information content (AvgIpc) is 3.17. The molecule has 29 heavy (non-hydrogen) atoms. The second-order valence-corrected chi connectivity index (χ2v) is 7.93. The van der Waals surface area contributed by atoms with Crippen LogP contribution in [0.1, 0.15) is 36.3 Å². The normalized spacial score (nSPS) is 23.5. The van der Waals surface area contributed by atoms with Gasteiger partial charge < -0.3 is 19.7 Å². The van der Waals surface area contributed by atoms with Gasteiger partial charge in [-0.1, -0.05) is 30.3 Å². The van der Waals surface area contributed by atoms with Gasteiger partial charge in [0, 0.05) is 31.0 Å². The molecule has 3 atom stereocenters. The number of benzene rings is 2. The van der Waals surface area contributed by atoms with Crippen molar-refractivity contribution in [3.63, 3.8) is 0 Å². The van der Waals surface area contributed by atoms with Gasteiger partial charge in [-0.25, -0.2) is 0 Å². The molecule has 0 aliphatic carbocycles. The van der Waals surface area contributed by atoms with Crippen LogP contribution in [0.15, 0.2) is 48.5 Å². The number of carbonyl (C=O) groups excluding carboxylic acids is 1. The summed E-state index contributed by atoms with van der Waals surface area (Å²) in [5, 5.41) is 3.69. The third kappa shape index (κ3) is 4.10. The summed E-state index contributed by atoms with van der Waals surface area (Å²) in [5.41, 5.74) is 2.33. The Morgan fingerprint density at radius 1 is 1.14 bits per heavy atom. The fourth-order valence-electron chi connectivity index (χ4n) is 4.88. The van der Waals surface area contributed by atoms with Crippen LogP contribution in [0, 0.1) is 0 Å². The third-order valence-corrected chi connectivity index (χ3v) is 6.34. The first-order valence-electron chi connectivity index (χ1n) is 10.5. The zero-order valence-electron chi connectivity index (χ0n) is 17.3. The lowest BCUT2D eigenvalue weighted by atomic mass is 9.87. The van der Waals surface area contributed by atoms with Crippen molar-refractivity contribution in [1.82, 2.24) is 10.2 Å². The Bertz CT molecular complexity index is 854. The quantitative estimate of drug-likeness (QED) is 0.816. The number of methoxy groups -OCH3 is 2.